The Kier molecular flexibility index (Phi) is 5.77. The molecule has 0 saturated heterocycles. The first kappa shape index (κ1) is 21.8. The Balaban J connectivity index is 1.64. The van der Waals surface area contributed by atoms with Crippen LogP contribution in [-0.2, 0) is 4.79 Å². The number of aromatic nitrogens is 1. The van der Waals surface area contributed by atoms with Crippen molar-refractivity contribution < 1.29 is 19.4 Å². The summed E-state index contributed by atoms with van der Waals surface area (Å²) in [4.78, 5) is 33.1. The van der Waals surface area contributed by atoms with Crippen molar-refractivity contribution in [3.05, 3.63) is 86.2 Å². The summed E-state index contributed by atoms with van der Waals surface area (Å²) < 4.78 is 7.29. The highest BCUT2D eigenvalue weighted by atomic mass is 79.9. The number of aliphatic hydroxyl groups is 1. The van der Waals surface area contributed by atoms with Crippen molar-refractivity contribution in [3.8, 4) is 5.75 Å². The third-order valence-electron chi connectivity index (χ3n) is 5.25. The largest absolute Gasteiger partial charge is 0.503 e. The Morgan fingerprint density at radius 3 is 2.70 bits per heavy atom. The number of amides is 1. The molecule has 9 heteroatoms. The first-order valence-electron chi connectivity index (χ1n) is 10.1. The van der Waals surface area contributed by atoms with Crippen molar-refractivity contribution in [2.45, 2.75) is 13.0 Å². The van der Waals surface area contributed by atoms with E-state index in [1.165, 1.54) is 27.6 Å². The molecular formula is C24H17BrN2O4S2. The zero-order valence-electron chi connectivity index (χ0n) is 17.3. The number of rotatable bonds is 6. The van der Waals surface area contributed by atoms with Crippen molar-refractivity contribution in [1.29, 1.82) is 0 Å². The third kappa shape index (κ3) is 3.86. The van der Waals surface area contributed by atoms with Crippen LogP contribution < -0.4 is 9.64 Å². The van der Waals surface area contributed by atoms with Crippen LogP contribution in [0.4, 0.5) is 5.13 Å². The Morgan fingerprint density at radius 2 is 2.00 bits per heavy atom. The molecule has 1 amide bonds. The van der Waals surface area contributed by atoms with Gasteiger partial charge in [0.1, 0.15) is 5.75 Å². The van der Waals surface area contributed by atoms with E-state index in [2.05, 4.69) is 20.9 Å². The van der Waals surface area contributed by atoms with Gasteiger partial charge < -0.3 is 9.84 Å². The average molecular weight is 541 g/mol. The number of carbonyl (C=O) groups is 2. The fraction of sp³-hybridized carbons (Fsp3) is 0.125. The molecule has 0 radical (unpaired) electrons. The second-order valence-corrected chi connectivity index (χ2v) is 10.1. The fourth-order valence-electron chi connectivity index (χ4n) is 3.79. The summed E-state index contributed by atoms with van der Waals surface area (Å²) in [6.07, 6.45) is 0. The summed E-state index contributed by atoms with van der Waals surface area (Å²) in [5.74, 6) is -0.847. The zero-order valence-corrected chi connectivity index (χ0v) is 20.5. The quantitative estimate of drug-likeness (QED) is 0.290. The highest BCUT2D eigenvalue weighted by Gasteiger charge is 2.46. The fourth-order valence-corrected chi connectivity index (χ4v) is 5.75. The summed E-state index contributed by atoms with van der Waals surface area (Å²) in [6.45, 7) is 2.45. The van der Waals surface area contributed by atoms with Crippen LogP contribution >= 0.6 is 38.6 Å². The van der Waals surface area contributed by atoms with E-state index in [9.17, 15) is 14.7 Å². The number of Topliss-reactive ketones (excluding diaryl/α,β-unsaturated/α-hetero) is 1. The minimum Gasteiger partial charge on any atom is -0.503 e. The van der Waals surface area contributed by atoms with Crippen LogP contribution in [0.2, 0.25) is 0 Å². The van der Waals surface area contributed by atoms with Crippen LogP contribution in [-0.4, -0.2) is 28.4 Å². The van der Waals surface area contributed by atoms with Crippen LogP contribution in [0.1, 0.15) is 28.2 Å². The molecule has 4 aromatic rings. The lowest BCUT2D eigenvalue weighted by Gasteiger charge is -2.24. The standard InChI is InChI=1S/C24H17BrN2O4S2/c1-2-31-15-9-10-16-18(12-15)33-24(26-16)27-20(13-5-7-14(25)8-6-13)19(22(29)23(27)30)21(28)17-4-3-11-32-17/h3-12,20,29H,2H2,1H3/t20-/m0/s1. The molecule has 0 spiro atoms. The van der Waals surface area contributed by atoms with Crippen molar-refractivity contribution in [2.75, 3.05) is 11.5 Å². The Bertz CT molecular complexity index is 1390. The van der Waals surface area contributed by atoms with E-state index in [1.807, 2.05) is 49.4 Å². The maximum atomic E-state index is 13.4. The van der Waals surface area contributed by atoms with E-state index in [-0.39, 0.29) is 11.4 Å². The maximum absolute atomic E-state index is 13.4. The highest BCUT2D eigenvalue weighted by molar-refractivity contribution is 9.10. The Morgan fingerprint density at radius 1 is 1.21 bits per heavy atom. The van der Waals surface area contributed by atoms with Gasteiger partial charge in [-0.15, -0.1) is 11.3 Å². The third-order valence-corrected chi connectivity index (χ3v) is 7.66. The molecule has 1 aliphatic heterocycles. The van der Waals surface area contributed by atoms with Gasteiger partial charge in [0.05, 0.1) is 33.3 Å². The topological polar surface area (TPSA) is 79.7 Å². The average Bonchev–Trinajstić information content (AvgIpc) is 3.53. The van der Waals surface area contributed by atoms with Gasteiger partial charge in [-0.25, -0.2) is 4.98 Å². The number of benzene rings is 2. The molecule has 5 rings (SSSR count). The number of nitrogens with zero attached hydrogens (tertiary/aromatic N) is 2. The number of thiophene rings is 1. The molecule has 0 unspecified atom stereocenters. The first-order chi connectivity index (χ1) is 16.0. The van der Waals surface area contributed by atoms with E-state index in [4.69, 9.17) is 4.74 Å². The first-order valence-corrected chi connectivity index (χ1v) is 12.6. The van der Waals surface area contributed by atoms with Gasteiger partial charge >= 0.3 is 0 Å². The van der Waals surface area contributed by atoms with Gasteiger partial charge in [-0.05, 0) is 54.3 Å². The lowest BCUT2D eigenvalue weighted by Crippen LogP contribution is -2.30. The lowest BCUT2D eigenvalue weighted by atomic mass is 9.96. The van der Waals surface area contributed by atoms with E-state index in [0.717, 1.165) is 9.17 Å². The van der Waals surface area contributed by atoms with Gasteiger partial charge in [0.15, 0.2) is 10.9 Å². The summed E-state index contributed by atoms with van der Waals surface area (Å²) in [6, 6.07) is 15.5. The molecule has 33 heavy (non-hydrogen) atoms. The number of ketones is 1. The van der Waals surface area contributed by atoms with Gasteiger partial charge in [-0.2, -0.15) is 0 Å². The van der Waals surface area contributed by atoms with E-state index >= 15 is 0 Å². The predicted octanol–water partition coefficient (Wildman–Crippen LogP) is 6.30. The van der Waals surface area contributed by atoms with Gasteiger partial charge in [-0.1, -0.05) is 45.5 Å². The number of halogens is 1. The van der Waals surface area contributed by atoms with Crippen molar-refractivity contribution in [3.63, 3.8) is 0 Å². The number of ether oxygens (including phenoxy) is 1. The molecule has 166 valence electrons. The molecule has 1 aliphatic rings. The minimum atomic E-state index is -0.799. The lowest BCUT2D eigenvalue weighted by molar-refractivity contribution is -0.117. The van der Waals surface area contributed by atoms with Crippen LogP contribution in [0.3, 0.4) is 0 Å². The van der Waals surface area contributed by atoms with Crippen molar-refractivity contribution in [1.82, 2.24) is 4.98 Å². The molecular weight excluding hydrogens is 524 g/mol. The second-order valence-electron chi connectivity index (χ2n) is 7.26. The highest BCUT2D eigenvalue weighted by Crippen LogP contribution is 2.45. The molecule has 3 heterocycles. The Labute approximate surface area is 205 Å². The van der Waals surface area contributed by atoms with Gasteiger partial charge in [0, 0.05) is 4.47 Å². The molecule has 1 atom stereocenters. The number of anilines is 1. The van der Waals surface area contributed by atoms with Gasteiger partial charge in [-0.3, -0.25) is 14.5 Å². The van der Waals surface area contributed by atoms with Crippen LogP contribution in [0.15, 0.2) is 75.8 Å². The van der Waals surface area contributed by atoms with Gasteiger partial charge in [0.25, 0.3) is 5.91 Å². The molecule has 2 aromatic carbocycles. The molecule has 0 aliphatic carbocycles. The smallest absolute Gasteiger partial charge is 0.296 e. The maximum Gasteiger partial charge on any atom is 0.296 e. The van der Waals surface area contributed by atoms with Crippen LogP contribution in [0.5, 0.6) is 5.75 Å². The molecule has 6 nitrogen and oxygen atoms in total. The molecule has 1 N–H and O–H groups in total. The monoisotopic (exact) mass is 540 g/mol. The van der Waals surface area contributed by atoms with E-state index in [1.54, 1.807) is 17.5 Å². The van der Waals surface area contributed by atoms with Crippen LogP contribution in [0, 0.1) is 0 Å². The zero-order chi connectivity index (χ0) is 23.1. The summed E-state index contributed by atoms with van der Waals surface area (Å²) >= 11 is 6.01. The number of thiazole rings is 1. The number of hydrogen-bond acceptors (Lipinski definition) is 7. The summed E-state index contributed by atoms with van der Waals surface area (Å²) in [7, 11) is 0. The minimum absolute atomic E-state index is 0.0547. The summed E-state index contributed by atoms with van der Waals surface area (Å²) in [5.41, 5.74) is 1.46. The molecule has 0 bridgehead atoms. The van der Waals surface area contributed by atoms with Crippen molar-refractivity contribution >= 4 is 65.6 Å². The Hall–Kier alpha value is -3.01. The normalized spacial score (nSPS) is 16.1. The number of fused-ring (bicyclic) bond motifs is 1. The molecule has 0 fully saturated rings. The van der Waals surface area contributed by atoms with Gasteiger partial charge in [0.2, 0.25) is 5.78 Å². The second kappa shape index (κ2) is 8.74. The number of carbonyl (C=O) groups excluding carboxylic acids is 2. The van der Waals surface area contributed by atoms with E-state index in [0.29, 0.717) is 33.4 Å². The predicted molar refractivity (Wildman–Crippen MR) is 133 cm³/mol. The number of hydrogen-bond donors (Lipinski definition) is 1. The molecule has 2 aromatic heterocycles. The van der Waals surface area contributed by atoms with E-state index < -0.39 is 17.7 Å². The van der Waals surface area contributed by atoms with Crippen LogP contribution in [0.25, 0.3) is 10.2 Å². The SMILES string of the molecule is CCOc1ccc2nc(N3C(=O)C(O)=C(C(=O)c4cccs4)[C@@H]3c3ccc(Br)cc3)sc2c1. The van der Waals surface area contributed by atoms with Crippen molar-refractivity contribution in [2.24, 2.45) is 0 Å². The molecule has 0 saturated carbocycles. The number of aliphatic hydroxyl groups excluding tert-OH is 1. The summed E-state index contributed by atoms with van der Waals surface area (Å²) in [5, 5.41) is 13.0.